The summed E-state index contributed by atoms with van der Waals surface area (Å²) >= 11 is 0. The molecule has 0 aliphatic heterocycles. The second-order valence-corrected chi connectivity index (χ2v) is 3.24. The van der Waals surface area contributed by atoms with E-state index in [0.29, 0.717) is 5.75 Å². The van der Waals surface area contributed by atoms with Gasteiger partial charge in [-0.1, -0.05) is 17.9 Å². The lowest BCUT2D eigenvalue weighted by Gasteiger charge is -2.07. The highest BCUT2D eigenvalue weighted by molar-refractivity contribution is 5.47. The smallest absolute Gasteiger partial charge is 0.142 e. The molecule has 0 aromatic heterocycles. The van der Waals surface area contributed by atoms with Crippen LogP contribution >= 0.6 is 0 Å². The van der Waals surface area contributed by atoms with Crippen LogP contribution in [0.2, 0.25) is 0 Å². The van der Waals surface area contributed by atoms with Crippen molar-refractivity contribution in [2.45, 2.75) is 13.0 Å². The monoisotopic (exact) mass is 223 g/mol. The van der Waals surface area contributed by atoms with E-state index in [0.717, 1.165) is 0 Å². The number of aliphatic hydroxyl groups excluding tert-OH is 1. The summed E-state index contributed by atoms with van der Waals surface area (Å²) in [6.07, 6.45) is 0. The van der Waals surface area contributed by atoms with Gasteiger partial charge in [-0.25, -0.2) is 4.39 Å². The Morgan fingerprint density at radius 2 is 2.31 bits per heavy atom. The molecule has 3 nitrogen and oxygen atoms in total. The summed E-state index contributed by atoms with van der Waals surface area (Å²) < 4.78 is 18.6. The molecule has 0 fully saturated rings. The van der Waals surface area contributed by atoms with E-state index in [1.807, 2.05) is 0 Å². The lowest BCUT2D eigenvalue weighted by molar-refractivity contribution is 0.200. The summed E-state index contributed by atoms with van der Waals surface area (Å²) in [6, 6.07) is 4.10. The Kier molecular flexibility index (Phi) is 4.77. The van der Waals surface area contributed by atoms with Gasteiger partial charge in [0.05, 0.1) is 12.6 Å². The Labute approximate surface area is 94.0 Å². The zero-order valence-corrected chi connectivity index (χ0v) is 9.03. The van der Waals surface area contributed by atoms with Gasteiger partial charge in [-0.05, 0) is 19.1 Å². The van der Waals surface area contributed by atoms with E-state index in [1.54, 1.807) is 13.0 Å². The molecular weight excluding hydrogens is 209 g/mol. The van der Waals surface area contributed by atoms with Gasteiger partial charge in [0.15, 0.2) is 0 Å². The van der Waals surface area contributed by atoms with Gasteiger partial charge in [-0.3, -0.25) is 0 Å². The molecule has 86 valence electrons. The molecule has 0 aliphatic rings. The largest absolute Gasteiger partial charge is 0.490 e. The van der Waals surface area contributed by atoms with Crippen LogP contribution in [-0.4, -0.2) is 24.4 Å². The first-order valence-corrected chi connectivity index (χ1v) is 4.94. The minimum absolute atomic E-state index is 0.107. The van der Waals surface area contributed by atoms with Gasteiger partial charge in [0.2, 0.25) is 0 Å². The molecule has 0 spiro atoms. The maximum atomic E-state index is 13.4. The van der Waals surface area contributed by atoms with Crippen LogP contribution in [0.1, 0.15) is 12.5 Å². The SMILES string of the molecule is C[C@@H](N)C#Cc1c(F)cccc1OCCO. The van der Waals surface area contributed by atoms with Gasteiger partial charge in [0.1, 0.15) is 23.7 Å². The molecular formula is C12H14FNO2. The van der Waals surface area contributed by atoms with Gasteiger partial charge in [-0.15, -0.1) is 0 Å². The van der Waals surface area contributed by atoms with Crippen molar-refractivity contribution in [3.8, 4) is 17.6 Å². The molecule has 3 N–H and O–H groups in total. The van der Waals surface area contributed by atoms with E-state index >= 15 is 0 Å². The van der Waals surface area contributed by atoms with E-state index in [9.17, 15) is 4.39 Å². The van der Waals surface area contributed by atoms with E-state index in [-0.39, 0.29) is 24.8 Å². The fourth-order valence-electron chi connectivity index (χ4n) is 1.09. The molecule has 4 heteroatoms. The van der Waals surface area contributed by atoms with Crippen molar-refractivity contribution in [1.29, 1.82) is 0 Å². The lowest BCUT2D eigenvalue weighted by Crippen LogP contribution is -2.11. The van der Waals surface area contributed by atoms with Crippen LogP contribution in [0.4, 0.5) is 4.39 Å². The predicted octanol–water partition coefficient (Wildman–Crippen LogP) is 0.896. The summed E-state index contributed by atoms with van der Waals surface area (Å²) in [6.45, 7) is 1.69. The summed E-state index contributed by atoms with van der Waals surface area (Å²) in [7, 11) is 0. The fraction of sp³-hybridized carbons (Fsp3) is 0.333. The zero-order chi connectivity index (χ0) is 12.0. The second-order valence-electron chi connectivity index (χ2n) is 3.24. The quantitative estimate of drug-likeness (QED) is 0.748. The molecule has 16 heavy (non-hydrogen) atoms. The lowest BCUT2D eigenvalue weighted by atomic mass is 10.2. The van der Waals surface area contributed by atoms with Crippen LogP contribution in [0.25, 0.3) is 0 Å². The minimum atomic E-state index is -0.455. The van der Waals surface area contributed by atoms with Crippen LogP contribution in [-0.2, 0) is 0 Å². The molecule has 0 amide bonds. The third kappa shape index (κ3) is 3.54. The standard InChI is InChI=1S/C12H14FNO2/c1-9(14)5-6-10-11(13)3-2-4-12(10)16-8-7-15/h2-4,9,15H,7-8,14H2,1H3/t9-/m1/s1. The first-order valence-electron chi connectivity index (χ1n) is 4.94. The molecule has 1 aromatic carbocycles. The number of halogens is 1. The normalized spacial score (nSPS) is 11.5. The Bertz CT molecular complexity index is 407. The van der Waals surface area contributed by atoms with Gasteiger partial charge in [-0.2, -0.15) is 0 Å². The van der Waals surface area contributed by atoms with Gasteiger partial charge in [0.25, 0.3) is 0 Å². The maximum absolute atomic E-state index is 13.4. The molecule has 1 aromatic rings. The van der Waals surface area contributed by atoms with Crippen molar-refractivity contribution >= 4 is 0 Å². The van der Waals surface area contributed by atoms with Crippen LogP contribution in [0.5, 0.6) is 5.75 Å². The third-order valence-electron chi connectivity index (χ3n) is 1.75. The zero-order valence-electron chi connectivity index (χ0n) is 9.03. The summed E-state index contributed by atoms with van der Waals surface area (Å²) in [5.74, 6) is 5.16. The van der Waals surface area contributed by atoms with E-state index in [4.69, 9.17) is 15.6 Å². The van der Waals surface area contributed by atoms with Crippen molar-refractivity contribution in [1.82, 2.24) is 0 Å². The Morgan fingerprint density at radius 3 is 2.94 bits per heavy atom. The van der Waals surface area contributed by atoms with Gasteiger partial charge >= 0.3 is 0 Å². The first kappa shape index (κ1) is 12.5. The molecule has 0 unspecified atom stereocenters. The fourth-order valence-corrected chi connectivity index (χ4v) is 1.09. The molecule has 0 radical (unpaired) electrons. The average molecular weight is 223 g/mol. The molecule has 1 rings (SSSR count). The topological polar surface area (TPSA) is 55.5 Å². The maximum Gasteiger partial charge on any atom is 0.142 e. The Balaban J connectivity index is 3.00. The third-order valence-corrected chi connectivity index (χ3v) is 1.75. The van der Waals surface area contributed by atoms with E-state index in [1.165, 1.54) is 12.1 Å². The first-order chi connectivity index (χ1) is 7.65. The van der Waals surface area contributed by atoms with Crippen LogP contribution in [0, 0.1) is 17.7 Å². The van der Waals surface area contributed by atoms with Gasteiger partial charge < -0.3 is 15.6 Å². The van der Waals surface area contributed by atoms with Crippen molar-refractivity contribution in [3.05, 3.63) is 29.6 Å². The number of benzene rings is 1. The van der Waals surface area contributed by atoms with Gasteiger partial charge in [0, 0.05) is 0 Å². The van der Waals surface area contributed by atoms with E-state index in [2.05, 4.69) is 11.8 Å². The highest BCUT2D eigenvalue weighted by atomic mass is 19.1. The van der Waals surface area contributed by atoms with Crippen LogP contribution < -0.4 is 10.5 Å². The minimum Gasteiger partial charge on any atom is -0.490 e. The number of hydrogen-bond donors (Lipinski definition) is 2. The van der Waals surface area contributed by atoms with Crippen molar-refractivity contribution in [2.24, 2.45) is 5.73 Å². The summed E-state index contributed by atoms with van der Waals surface area (Å²) in [5, 5.41) is 8.63. The summed E-state index contributed by atoms with van der Waals surface area (Å²) in [5.41, 5.74) is 5.64. The number of hydrogen-bond acceptors (Lipinski definition) is 3. The average Bonchev–Trinajstić information content (AvgIpc) is 2.24. The van der Waals surface area contributed by atoms with Crippen molar-refractivity contribution in [2.75, 3.05) is 13.2 Å². The summed E-state index contributed by atoms with van der Waals surface area (Å²) in [4.78, 5) is 0. The molecule has 0 bridgehead atoms. The Hall–Kier alpha value is -1.57. The Morgan fingerprint density at radius 1 is 1.56 bits per heavy atom. The van der Waals surface area contributed by atoms with Crippen LogP contribution in [0.3, 0.4) is 0 Å². The highest BCUT2D eigenvalue weighted by Crippen LogP contribution is 2.20. The molecule has 0 saturated carbocycles. The number of aliphatic hydroxyl groups is 1. The number of rotatable bonds is 3. The predicted molar refractivity (Wildman–Crippen MR) is 59.5 cm³/mol. The van der Waals surface area contributed by atoms with Crippen molar-refractivity contribution in [3.63, 3.8) is 0 Å². The highest BCUT2D eigenvalue weighted by Gasteiger charge is 2.06. The number of ether oxygens (including phenoxy) is 1. The van der Waals surface area contributed by atoms with Crippen molar-refractivity contribution < 1.29 is 14.2 Å². The molecule has 0 heterocycles. The molecule has 1 atom stereocenters. The molecule has 0 saturated heterocycles. The number of nitrogens with two attached hydrogens (primary N) is 1. The van der Waals surface area contributed by atoms with Crippen LogP contribution in [0.15, 0.2) is 18.2 Å². The second kappa shape index (κ2) is 6.11. The van der Waals surface area contributed by atoms with E-state index < -0.39 is 5.82 Å². The molecule has 0 aliphatic carbocycles.